The van der Waals surface area contributed by atoms with Crippen molar-refractivity contribution in [1.29, 1.82) is 0 Å². The summed E-state index contributed by atoms with van der Waals surface area (Å²) >= 11 is 3.40. The van der Waals surface area contributed by atoms with E-state index in [0.29, 0.717) is 11.7 Å². The van der Waals surface area contributed by atoms with Gasteiger partial charge in [-0.3, -0.25) is 4.79 Å². The second-order valence-electron chi connectivity index (χ2n) is 8.20. The van der Waals surface area contributed by atoms with Crippen LogP contribution >= 0.6 is 22.7 Å². The molecule has 31 heavy (non-hydrogen) atoms. The van der Waals surface area contributed by atoms with E-state index >= 15 is 0 Å². The number of para-hydroxylation sites is 1. The molecule has 0 saturated carbocycles. The van der Waals surface area contributed by atoms with Gasteiger partial charge in [0.25, 0.3) is 5.91 Å². The Kier molecular flexibility index (Phi) is 5.50. The fourth-order valence-corrected chi connectivity index (χ4v) is 6.60. The lowest BCUT2D eigenvalue weighted by Crippen LogP contribution is -2.20. The van der Waals surface area contributed by atoms with Crippen LogP contribution in [0.1, 0.15) is 29.3 Å². The van der Waals surface area contributed by atoms with Crippen molar-refractivity contribution in [2.45, 2.75) is 33.1 Å². The number of carbonyl (C=O) groups excluding carboxylic acids is 1. The smallest absolute Gasteiger partial charge is 0.262 e. The van der Waals surface area contributed by atoms with Crippen molar-refractivity contribution in [3.8, 4) is 16.3 Å². The third kappa shape index (κ3) is 4.23. The lowest BCUT2D eigenvalue weighted by Gasteiger charge is -2.18. The van der Waals surface area contributed by atoms with Crippen LogP contribution in [-0.4, -0.2) is 17.5 Å². The number of hydrogen-bond acceptors (Lipinski definition) is 5. The first-order valence-corrected chi connectivity index (χ1v) is 12.2. The van der Waals surface area contributed by atoms with Gasteiger partial charge in [0.2, 0.25) is 0 Å². The molecule has 4 aromatic rings. The van der Waals surface area contributed by atoms with Crippen molar-refractivity contribution >= 4 is 43.8 Å². The summed E-state index contributed by atoms with van der Waals surface area (Å²) in [6, 6.07) is 16.0. The summed E-state index contributed by atoms with van der Waals surface area (Å²) in [5, 5.41) is 5.02. The Labute approximate surface area is 189 Å². The van der Waals surface area contributed by atoms with Crippen molar-refractivity contribution in [3.63, 3.8) is 0 Å². The molecular formula is C25H24N2O2S2. The zero-order valence-corrected chi connectivity index (χ0v) is 19.2. The van der Waals surface area contributed by atoms with Crippen molar-refractivity contribution in [1.82, 2.24) is 4.98 Å². The minimum atomic E-state index is -0.143. The zero-order chi connectivity index (χ0) is 21.4. The molecule has 2 aromatic heterocycles. The highest BCUT2D eigenvalue weighted by Crippen LogP contribution is 2.47. The predicted octanol–water partition coefficient (Wildman–Crippen LogP) is 6.48. The summed E-state index contributed by atoms with van der Waals surface area (Å²) in [7, 11) is 0. The minimum Gasteiger partial charge on any atom is -0.484 e. The number of fused-ring (bicyclic) bond motifs is 2. The quantitative estimate of drug-likeness (QED) is 0.380. The number of nitrogens with zero attached hydrogens (tertiary/aromatic N) is 1. The maximum Gasteiger partial charge on any atom is 0.262 e. The van der Waals surface area contributed by atoms with Crippen LogP contribution in [0.25, 0.3) is 20.8 Å². The highest BCUT2D eigenvalue weighted by atomic mass is 32.1. The molecule has 0 bridgehead atoms. The second-order valence-corrected chi connectivity index (χ2v) is 10.3. The maximum atomic E-state index is 12.8. The number of nitrogens with one attached hydrogen (secondary N) is 1. The largest absolute Gasteiger partial charge is 0.484 e. The number of aryl methyl sites for hydroxylation is 1. The van der Waals surface area contributed by atoms with E-state index in [1.54, 1.807) is 22.7 Å². The summed E-state index contributed by atoms with van der Waals surface area (Å²) in [6.45, 7) is 4.30. The molecule has 2 aromatic carbocycles. The van der Waals surface area contributed by atoms with E-state index in [9.17, 15) is 4.79 Å². The molecular weight excluding hydrogens is 424 g/mol. The lowest BCUT2D eigenvalue weighted by molar-refractivity contribution is -0.118. The van der Waals surface area contributed by atoms with Gasteiger partial charge in [0.1, 0.15) is 15.8 Å². The Bertz CT molecular complexity index is 1220. The second kappa shape index (κ2) is 8.44. The molecule has 158 valence electrons. The van der Waals surface area contributed by atoms with Crippen molar-refractivity contribution in [2.75, 3.05) is 11.9 Å². The van der Waals surface area contributed by atoms with Gasteiger partial charge in [0.05, 0.1) is 10.2 Å². The third-order valence-electron chi connectivity index (χ3n) is 5.63. The first kappa shape index (κ1) is 20.2. The standard InChI is InChI=1S/C25H24N2O2S2/c1-15-6-5-7-17(12-15)29-14-22(28)27-25-23(18-11-10-16(2)13-21(18)31-25)24-26-19-8-3-4-9-20(19)30-24/h3-9,12,16H,10-11,13-14H2,1-2H3,(H,27,28). The molecule has 4 nitrogen and oxygen atoms in total. The van der Waals surface area contributed by atoms with Gasteiger partial charge in [0, 0.05) is 10.4 Å². The Morgan fingerprint density at radius 3 is 2.90 bits per heavy atom. The average Bonchev–Trinajstić information content (AvgIpc) is 3.32. The number of thiophene rings is 1. The summed E-state index contributed by atoms with van der Waals surface area (Å²) in [5.74, 6) is 1.24. The van der Waals surface area contributed by atoms with Crippen molar-refractivity contribution < 1.29 is 9.53 Å². The number of aromatic nitrogens is 1. The molecule has 1 aliphatic rings. The maximum absolute atomic E-state index is 12.8. The molecule has 0 aliphatic heterocycles. The Balaban J connectivity index is 1.44. The summed E-state index contributed by atoms with van der Waals surface area (Å²) < 4.78 is 6.88. The Morgan fingerprint density at radius 1 is 1.19 bits per heavy atom. The van der Waals surface area contributed by atoms with Crippen LogP contribution in [-0.2, 0) is 17.6 Å². The minimum absolute atomic E-state index is 0.0122. The zero-order valence-electron chi connectivity index (χ0n) is 17.6. The number of amides is 1. The highest BCUT2D eigenvalue weighted by molar-refractivity contribution is 7.22. The van der Waals surface area contributed by atoms with Crippen LogP contribution in [0.3, 0.4) is 0 Å². The fraction of sp³-hybridized carbons (Fsp3) is 0.280. The number of carbonyl (C=O) groups is 1. The van der Waals surface area contributed by atoms with E-state index in [-0.39, 0.29) is 12.5 Å². The Hall–Kier alpha value is -2.70. The van der Waals surface area contributed by atoms with E-state index in [2.05, 4.69) is 18.3 Å². The van der Waals surface area contributed by atoms with Gasteiger partial charge in [-0.15, -0.1) is 22.7 Å². The molecule has 1 amide bonds. The number of anilines is 1. The van der Waals surface area contributed by atoms with Crippen LogP contribution < -0.4 is 10.1 Å². The van der Waals surface area contributed by atoms with Gasteiger partial charge in [-0.05, 0) is 67.5 Å². The van der Waals surface area contributed by atoms with Crippen LogP contribution in [0.15, 0.2) is 48.5 Å². The first-order valence-electron chi connectivity index (χ1n) is 10.6. The third-order valence-corrected chi connectivity index (χ3v) is 7.86. The van der Waals surface area contributed by atoms with Crippen molar-refractivity contribution in [3.05, 3.63) is 64.5 Å². The normalized spacial score (nSPS) is 15.6. The topological polar surface area (TPSA) is 51.2 Å². The number of benzene rings is 2. The van der Waals surface area contributed by atoms with Crippen LogP contribution in [0.4, 0.5) is 5.00 Å². The summed E-state index contributed by atoms with van der Waals surface area (Å²) in [4.78, 5) is 19.0. The highest BCUT2D eigenvalue weighted by Gasteiger charge is 2.27. The number of ether oxygens (including phenoxy) is 1. The van der Waals surface area contributed by atoms with Crippen LogP contribution in [0.5, 0.6) is 5.75 Å². The molecule has 1 N–H and O–H groups in total. The van der Waals surface area contributed by atoms with Gasteiger partial charge in [0.15, 0.2) is 6.61 Å². The van der Waals surface area contributed by atoms with Gasteiger partial charge >= 0.3 is 0 Å². The van der Waals surface area contributed by atoms with E-state index in [4.69, 9.17) is 9.72 Å². The number of rotatable bonds is 5. The summed E-state index contributed by atoms with van der Waals surface area (Å²) in [6.07, 6.45) is 3.27. The molecule has 0 radical (unpaired) electrons. The van der Waals surface area contributed by atoms with Crippen LogP contribution in [0, 0.1) is 12.8 Å². The average molecular weight is 449 g/mol. The van der Waals surface area contributed by atoms with Crippen LogP contribution in [0.2, 0.25) is 0 Å². The van der Waals surface area contributed by atoms with Gasteiger partial charge in [-0.1, -0.05) is 31.2 Å². The van der Waals surface area contributed by atoms with E-state index in [0.717, 1.165) is 39.5 Å². The lowest BCUT2D eigenvalue weighted by atomic mass is 9.88. The fourth-order valence-electron chi connectivity index (χ4n) is 4.06. The molecule has 6 heteroatoms. The monoisotopic (exact) mass is 448 g/mol. The number of hydrogen-bond donors (Lipinski definition) is 1. The van der Waals surface area contributed by atoms with Gasteiger partial charge in [-0.2, -0.15) is 0 Å². The van der Waals surface area contributed by atoms with Gasteiger partial charge < -0.3 is 10.1 Å². The SMILES string of the molecule is Cc1cccc(OCC(=O)Nc2sc3c(c2-c2nc4ccccc4s2)CCC(C)C3)c1. The molecule has 0 spiro atoms. The number of thiazole rings is 1. The van der Waals surface area contributed by atoms with Gasteiger partial charge in [-0.25, -0.2) is 4.98 Å². The summed E-state index contributed by atoms with van der Waals surface area (Å²) in [5.41, 5.74) is 4.58. The molecule has 1 atom stereocenters. The molecule has 1 unspecified atom stereocenters. The molecule has 2 heterocycles. The molecule has 1 aliphatic carbocycles. The van der Waals surface area contributed by atoms with E-state index in [1.165, 1.54) is 21.6 Å². The molecule has 0 saturated heterocycles. The molecule has 5 rings (SSSR count). The first-order chi connectivity index (χ1) is 15.1. The predicted molar refractivity (Wildman–Crippen MR) is 129 cm³/mol. The van der Waals surface area contributed by atoms with E-state index in [1.807, 2.05) is 49.4 Å². The van der Waals surface area contributed by atoms with E-state index < -0.39 is 0 Å². The molecule has 0 fully saturated rings. The van der Waals surface area contributed by atoms with Crippen molar-refractivity contribution in [2.24, 2.45) is 5.92 Å². The Morgan fingerprint density at radius 2 is 2.06 bits per heavy atom.